The number of hydrogen-bond donors (Lipinski definition) is 2. The molecule has 0 unspecified atom stereocenters. The summed E-state index contributed by atoms with van der Waals surface area (Å²) in [5.41, 5.74) is 10.8. The molecule has 27 heavy (non-hydrogen) atoms. The molecule has 1 heterocycles. The average Bonchev–Trinajstić information content (AvgIpc) is 3.08. The highest BCUT2D eigenvalue weighted by Gasteiger charge is 2.16. The van der Waals surface area contributed by atoms with Crippen molar-refractivity contribution < 1.29 is 4.79 Å². The lowest BCUT2D eigenvalue weighted by Gasteiger charge is -2.09. The molecule has 0 fully saturated rings. The van der Waals surface area contributed by atoms with Crippen LogP contribution in [0.4, 0.5) is 16.6 Å². The number of nitrogen functional groups attached to an aromatic ring is 1. The first kappa shape index (κ1) is 17.0. The van der Waals surface area contributed by atoms with Gasteiger partial charge in [-0.05, 0) is 29.3 Å². The molecule has 3 N–H and O–H groups in total. The lowest BCUT2D eigenvalue weighted by atomic mass is 9.97. The number of carbonyl (C=O) groups excluding carboxylic acids is 1. The average molecular weight is 371 g/mol. The molecule has 3 aromatic carbocycles. The topological polar surface area (TPSA) is 68.0 Å². The molecule has 0 bridgehead atoms. The fourth-order valence-corrected chi connectivity index (χ4v) is 3.85. The van der Waals surface area contributed by atoms with Gasteiger partial charge in [0, 0.05) is 16.8 Å². The Labute approximate surface area is 161 Å². The van der Waals surface area contributed by atoms with Crippen molar-refractivity contribution in [2.75, 3.05) is 11.1 Å². The van der Waals surface area contributed by atoms with Crippen molar-refractivity contribution in [3.63, 3.8) is 0 Å². The number of nitrogens with two attached hydrogens (primary N) is 1. The van der Waals surface area contributed by atoms with Crippen molar-refractivity contribution in [2.45, 2.75) is 0 Å². The zero-order valence-corrected chi connectivity index (χ0v) is 15.2. The summed E-state index contributed by atoms with van der Waals surface area (Å²) < 4.78 is 0. The second kappa shape index (κ2) is 7.43. The first-order valence-electron chi connectivity index (χ1n) is 8.48. The summed E-state index contributed by atoms with van der Waals surface area (Å²) in [6.45, 7) is 0. The number of thiazole rings is 1. The van der Waals surface area contributed by atoms with Gasteiger partial charge in [-0.3, -0.25) is 4.79 Å². The van der Waals surface area contributed by atoms with Crippen LogP contribution >= 0.6 is 11.3 Å². The van der Waals surface area contributed by atoms with E-state index in [-0.39, 0.29) is 0 Å². The summed E-state index contributed by atoms with van der Waals surface area (Å²) in [7, 11) is 0. The van der Waals surface area contributed by atoms with E-state index in [0.717, 1.165) is 33.5 Å². The lowest BCUT2D eigenvalue weighted by molar-refractivity contribution is 0.112. The Morgan fingerprint density at radius 3 is 2.30 bits per heavy atom. The lowest BCUT2D eigenvalue weighted by Crippen LogP contribution is -1.92. The Balaban J connectivity index is 1.80. The summed E-state index contributed by atoms with van der Waals surface area (Å²) in [5, 5.41) is 3.99. The number of aldehydes is 1. The van der Waals surface area contributed by atoms with Crippen LogP contribution in [-0.2, 0) is 0 Å². The van der Waals surface area contributed by atoms with Crippen LogP contribution in [0.3, 0.4) is 0 Å². The second-order valence-electron chi connectivity index (χ2n) is 6.01. The van der Waals surface area contributed by atoms with Gasteiger partial charge in [-0.25, -0.2) is 4.98 Å². The monoisotopic (exact) mass is 371 g/mol. The number of rotatable bonds is 5. The fraction of sp³-hybridized carbons (Fsp3) is 0. The molecule has 0 aliphatic heterocycles. The van der Waals surface area contributed by atoms with E-state index in [1.807, 2.05) is 78.9 Å². The molecule has 0 saturated heterocycles. The largest absolute Gasteiger partial charge is 0.382 e. The smallest absolute Gasteiger partial charge is 0.189 e. The third-order valence-electron chi connectivity index (χ3n) is 4.19. The number of nitrogens with one attached hydrogen (secondary N) is 1. The van der Waals surface area contributed by atoms with Gasteiger partial charge in [0.2, 0.25) is 0 Å². The Kier molecular flexibility index (Phi) is 4.68. The number of nitrogens with zero attached hydrogens (tertiary/aromatic N) is 1. The van der Waals surface area contributed by atoms with Crippen LogP contribution in [0.1, 0.15) is 10.4 Å². The number of benzene rings is 3. The van der Waals surface area contributed by atoms with Crippen LogP contribution in [0.2, 0.25) is 0 Å². The number of aromatic nitrogens is 1. The molecular weight excluding hydrogens is 354 g/mol. The molecule has 132 valence electrons. The maximum absolute atomic E-state index is 11.3. The van der Waals surface area contributed by atoms with Gasteiger partial charge in [0.1, 0.15) is 12.1 Å². The SMILES string of the molecule is Nc1nc(Nc2ccccc2)sc1-c1cc(C=O)ccc1-c1ccccc1. The highest BCUT2D eigenvalue weighted by atomic mass is 32.1. The fourth-order valence-electron chi connectivity index (χ4n) is 2.92. The van der Waals surface area contributed by atoms with Crippen molar-refractivity contribution in [3.05, 3.63) is 84.4 Å². The molecule has 0 radical (unpaired) electrons. The molecule has 0 saturated carbocycles. The van der Waals surface area contributed by atoms with Gasteiger partial charge >= 0.3 is 0 Å². The summed E-state index contributed by atoms with van der Waals surface area (Å²) >= 11 is 1.47. The Hall–Kier alpha value is -3.44. The van der Waals surface area contributed by atoms with E-state index >= 15 is 0 Å². The van der Waals surface area contributed by atoms with Crippen molar-refractivity contribution in [1.82, 2.24) is 4.98 Å². The van der Waals surface area contributed by atoms with E-state index in [0.29, 0.717) is 16.5 Å². The third-order valence-corrected chi connectivity index (χ3v) is 5.21. The predicted octanol–water partition coefficient (Wildman–Crippen LogP) is 5.62. The van der Waals surface area contributed by atoms with Crippen molar-refractivity contribution in [1.29, 1.82) is 0 Å². The van der Waals surface area contributed by atoms with Crippen LogP contribution in [0, 0.1) is 0 Å². The molecular formula is C22H17N3OS. The zero-order valence-electron chi connectivity index (χ0n) is 14.4. The van der Waals surface area contributed by atoms with E-state index in [1.54, 1.807) is 0 Å². The number of para-hydroxylation sites is 1. The Morgan fingerprint density at radius 2 is 1.59 bits per heavy atom. The standard InChI is InChI=1S/C22H17N3OS/c23-21-20(27-22(25-21)24-17-9-5-2-6-10-17)19-13-15(14-26)11-12-18(19)16-7-3-1-4-8-16/h1-14H,23H2,(H,24,25). The van der Waals surface area contributed by atoms with E-state index in [1.165, 1.54) is 11.3 Å². The van der Waals surface area contributed by atoms with Crippen LogP contribution in [0.15, 0.2) is 78.9 Å². The zero-order chi connectivity index (χ0) is 18.6. The number of anilines is 3. The predicted molar refractivity (Wildman–Crippen MR) is 113 cm³/mol. The third kappa shape index (κ3) is 3.59. The molecule has 4 aromatic rings. The van der Waals surface area contributed by atoms with Gasteiger partial charge in [-0.2, -0.15) is 0 Å². The van der Waals surface area contributed by atoms with Crippen LogP contribution in [0.25, 0.3) is 21.6 Å². The van der Waals surface area contributed by atoms with Gasteiger partial charge in [0.25, 0.3) is 0 Å². The van der Waals surface area contributed by atoms with Crippen molar-refractivity contribution in [2.24, 2.45) is 0 Å². The number of carbonyl (C=O) groups is 1. The molecule has 0 atom stereocenters. The molecule has 0 amide bonds. The minimum absolute atomic E-state index is 0.443. The molecule has 4 rings (SSSR count). The van der Waals surface area contributed by atoms with E-state index < -0.39 is 0 Å². The molecule has 4 nitrogen and oxygen atoms in total. The maximum Gasteiger partial charge on any atom is 0.189 e. The van der Waals surface area contributed by atoms with Crippen LogP contribution in [0.5, 0.6) is 0 Å². The first-order chi connectivity index (χ1) is 13.2. The minimum atomic E-state index is 0.443. The second-order valence-corrected chi connectivity index (χ2v) is 7.01. The van der Waals surface area contributed by atoms with Gasteiger partial charge in [0.05, 0.1) is 4.88 Å². The minimum Gasteiger partial charge on any atom is -0.382 e. The van der Waals surface area contributed by atoms with E-state index in [9.17, 15) is 4.79 Å². The normalized spacial score (nSPS) is 10.5. The molecule has 5 heteroatoms. The van der Waals surface area contributed by atoms with Crippen LogP contribution < -0.4 is 11.1 Å². The van der Waals surface area contributed by atoms with Crippen molar-refractivity contribution >= 4 is 34.3 Å². The summed E-state index contributed by atoms with van der Waals surface area (Å²) in [5.74, 6) is 0.443. The first-order valence-corrected chi connectivity index (χ1v) is 9.29. The van der Waals surface area contributed by atoms with Gasteiger partial charge in [0.15, 0.2) is 5.13 Å². The molecule has 0 aliphatic carbocycles. The highest BCUT2D eigenvalue weighted by Crippen LogP contribution is 2.41. The van der Waals surface area contributed by atoms with Gasteiger partial charge in [-0.15, -0.1) is 0 Å². The molecule has 0 aliphatic rings. The number of hydrogen-bond acceptors (Lipinski definition) is 5. The van der Waals surface area contributed by atoms with E-state index in [2.05, 4.69) is 10.3 Å². The highest BCUT2D eigenvalue weighted by molar-refractivity contribution is 7.19. The summed E-state index contributed by atoms with van der Waals surface area (Å²) in [6.07, 6.45) is 0.846. The molecule has 0 spiro atoms. The quantitative estimate of drug-likeness (QED) is 0.447. The molecule has 1 aromatic heterocycles. The summed E-state index contributed by atoms with van der Waals surface area (Å²) in [6, 6.07) is 25.5. The van der Waals surface area contributed by atoms with E-state index in [4.69, 9.17) is 5.73 Å². The summed E-state index contributed by atoms with van der Waals surface area (Å²) in [4.78, 5) is 16.6. The van der Waals surface area contributed by atoms with Gasteiger partial charge in [-0.1, -0.05) is 72.0 Å². The maximum atomic E-state index is 11.3. The van der Waals surface area contributed by atoms with Gasteiger partial charge < -0.3 is 11.1 Å². The van der Waals surface area contributed by atoms with Crippen molar-refractivity contribution in [3.8, 4) is 21.6 Å². The van der Waals surface area contributed by atoms with Crippen LogP contribution in [-0.4, -0.2) is 11.3 Å². The Morgan fingerprint density at radius 1 is 0.889 bits per heavy atom. The Bertz CT molecular complexity index is 1080.